The maximum Gasteiger partial charge on any atom is 0.132 e. The summed E-state index contributed by atoms with van der Waals surface area (Å²) < 4.78 is 0. The number of benzene rings is 2. The normalized spacial score (nSPS) is 23.7. The largest absolute Gasteiger partial charge is 0.300 e. The highest BCUT2D eigenvalue weighted by Crippen LogP contribution is 2.42. The number of rotatable bonds is 5. The second-order valence-electron chi connectivity index (χ2n) is 9.06. The van der Waals surface area contributed by atoms with E-state index in [0.717, 1.165) is 43.4 Å². The van der Waals surface area contributed by atoms with E-state index >= 15 is 0 Å². The van der Waals surface area contributed by atoms with Gasteiger partial charge in [-0.15, -0.1) is 0 Å². The molecule has 0 saturated heterocycles. The third-order valence-electron chi connectivity index (χ3n) is 7.23. The van der Waals surface area contributed by atoms with Crippen LogP contribution in [0.4, 0.5) is 0 Å². The lowest BCUT2D eigenvalue weighted by Gasteiger charge is -2.35. The molecule has 0 spiro atoms. The van der Waals surface area contributed by atoms with Crippen LogP contribution < -0.4 is 0 Å². The summed E-state index contributed by atoms with van der Waals surface area (Å²) in [5.41, 5.74) is 5.60. The molecule has 0 amide bonds. The highest BCUT2D eigenvalue weighted by atomic mass is 16.1. The molecule has 2 aliphatic carbocycles. The van der Waals surface area contributed by atoms with Crippen molar-refractivity contribution in [1.29, 1.82) is 0 Å². The maximum atomic E-state index is 11.5. The fraction of sp³-hybridized carbons (Fsp3) is 0.519. The van der Waals surface area contributed by atoms with Crippen molar-refractivity contribution in [2.45, 2.75) is 77.0 Å². The zero-order chi connectivity index (χ0) is 19.3. The van der Waals surface area contributed by atoms with E-state index in [4.69, 9.17) is 0 Å². The summed E-state index contributed by atoms with van der Waals surface area (Å²) in [6.07, 6.45) is 11.7. The lowest BCUT2D eigenvalue weighted by Crippen LogP contribution is -2.25. The Morgan fingerprint density at radius 2 is 1.25 bits per heavy atom. The van der Waals surface area contributed by atoms with Gasteiger partial charge in [-0.2, -0.15) is 0 Å². The van der Waals surface area contributed by atoms with Crippen molar-refractivity contribution in [3.63, 3.8) is 0 Å². The summed E-state index contributed by atoms with van der Waals surface area (Å²) in [6.45, 7) is 2.23. The summed E-state index contributed by atoms with van der Waals surface area (Å²) in [5, 5.41) is 0. The zero-order valence-corrected chi connectivity index (χ0v) is 17.3. The number of carbonyl (C=O) groups is 1. The fourth-order valence-corrected chi connectivity index (χ4v) is 5.46. The van der Waals surface area contributed by atoms with E-state index in [-0.39, 0.29) is 0 Å². The quantitative estimate of drug-likeness (QED) is 0.535. The molecule has 148 valence electrons. The van der Waals surface area contributed by atoms with Gasteiger partial charge in [-0.25, -0.2) is 0 Å². The molecule has 2 aromatic carbocycles. The van der Waals surface area contributed by atoms with Crippen molar-refractivity contribution in [2.24, 2.45) is 11.8 Å². The van der Waals surface area contributed by atoms with Gasteiger partial charge in [0.05, 0.1) is 0 Å². The summed E-state index contributed by atoms with van der Waals surface area (Å²) in [6, 6.07) is 18.4. The van der Waals surface area contributed by atoms with E-state index in [0.29, 0.717) is 5.78 Å². The molecular weight excluding hydrogens is 340 g/mol. The van der Waals surface area contributed by atoms with Gasteiger partial charge in [0.2, 0.25) is 0 Å². The van der Waals surface area contributed by atoms with Gasteiger partial charge < -0.3 is 0 Å². The van der Waals surface area contributed by atoms with Gasteiger partial charge >= 0.3 is 0 Å². The number of Topliss-reactive ketones (excluding diaryl/α,β-unsaturated/α-hetero) is 1. The highest BCUT2D eigenvalue weighted by Gasteiger charge is 2.30. The Balaban J connectivity index is 1.34. The number of hydrogen-bond donors (Lipinski definition) is 0. The molecule has 0 unspecified atom stereocenters. The van der Waals surface area contributed by atoms with Crippen LogP contribution in [0.15, 0.2) is 48.5 Å². The first-order valence-corrected chi connectivity index (χ1v) is 11.4. The highest BCUT2D eigenvalue weighted by molar-refractivity contribution is 5.79. The van der Waals surface area contributed by atoms with Crippen LogP contribution in [0.25, 0.3) is 11.1 Å². The molecule has 0 aromatic heterocycles. The van der Waals surface area contributed by atoms with Crippen LogP contribution in [0.5, 0.6) is 0 Å². The van der Waals surface area contributed by atoms with Gasteiger partial charge in [-0.05, 0) is 85.0 Å². The molecule has 0 heterocycles. The average molecular weight is 375 g/mol. The second-order valence-corrected chi connectivity index (χ2v) is 9.06. The third kappa shape index (κ3) is 4.57. The molecule has 0 bridgehead atoms. The van der Waals surface area contributed by atoms with Crippen LogP contribution in [0.2, 0.25) is 0 Å². The molecule has 2 aliphatic rings. The Morgan fingerprint density at radius 1 is 0.714 bits per heavy atom. The van der Waals surface area contributed by atoms with Gasteiger partial charge in [-0.3, -0.25) is 4.79 Å². The maximum absolute atomic E-state index is 11.5. The first-order chi connectivity index (χ1) is 13.7. The van der Waals surface area contributed by atoms with Crippen molar-refractivity contribution in [1.82, 2.24) is 0 Å². The van der Waals surface area contributed by atoms with Crippen molar-refractivity contribution in [3.8, 4) is 11.1 Å². The Hall–Kier alpha value is -1.89. The van der Waals surface area contributed by atoms with Crippen molar-refractivity contribution in [3.05, 3.63) is 59.7 Å². The Kier molecular flexibility index (Phi) is 6.29. The van der Waals surface area contributed by atoms with Gasteiger partial charge in [-0.1, -0.05) is 61.9 Å². The Labute approximate surface area is 170 Å². The first-order valence-electron chi connectivity index (χ1n) is 11.4. The first kappa shape index (κ1) is 19.4. The minimum absolute atomic E-state index is 0.491. The van der Waals surface area contributed by atoms with Crippen molar-refractivity contribution >= 4 is 5.78 Å². The standard InChI is InChI=1S/C27H34O/c1-2-3-20-4-6-21(7-5-20)22-8-10-23(11-9-22)24-12-14-25(15-13-24)26-16-18-27(28)19-17-26/h4-11,24-26H,2-3,12-19H2,1H3. The van der Waals surface area contributed by atoms with Crippen molar-refractivity contribution in [2.75, 3.05) is 0 Å². The molecule has 4 rings (SSSR count). The van der Waals surface area contributed by atoms with Gasteiger partial charge in [0.15, 0.2) is 0 Å². The lowest BCUT2D eigenvalue weighted by molar-refractivity contribution is -0.121. The van der Waals surface area contributed by atoms with Crippen LogP contribution in [0, 0.1) is 11.8 Å². The topological polar surface area (TPSA) is 17.1 Å². The number of hydrogen-bond acceptors (Lipinski definition) is 1. The van der Waals surface area contributed by atoms with Crippen LogP contribution in [-0.2, 0) is 11.2 Å². The van der Waals surface area contributed by atoms with Gasteiger partial charge in [0.1, 0.15) is 5.78 Å². The van der Waals surface area contributed by atoms with Crippen LogP contribution >= 0.6 is 0 Å². The van der Waals surface area contributed by atoms with Gasteiger partial charge in [0, 0.05) is 12.8 Å². The Morgan fingerprint density at radius 3 is 1.82 bits per heavy atom. The molecule has 2 aromatic rings. The SMILES string of the molecule is CCCc1ccc(-c2ccc(C3CCC(C4CCC(=O)CC4)CC3)cc2)cc1. The molecule has 0 atom stereocenters. The lowest BCUT2D eigenvalue weighted by atomic mass is 9.70. The van der Waals surface area contributed by atoms with E-state index in [9.17, 15) is 4.79 Å². The summed E-state index contributed by atoms with van der Waals surface area (Å²) in [4.78, 5) is 11.5. The minimum atomic E-state index is 0.491. The van der Waals surface area contributed by atoms with E-state index in [1.165, 1.54) is 60.8 Å². The molecule has 1 heteroatoms. The second kappa shape index (κ2) is 9.07. The zero-order valence-electron chi connectivity index (χ0n) is 17.3. The third-order valence-corrected chi connectivity index (χ3v) is 7.23. The number of aryl methyl sites for hydroxylation is 1. The van der Waals surface area contributed by atoms with E-state index in [1.807, 2.05) is 0 Å². The smallest absolute Gasteiger partial charge is 0.132 e. The van der Waals surface area contributed by atoms with E-state index in [1.54, 1.807) is 0 Å². The molecule has 28 heavy (non-hydrogen) atoms. The van der Waals surface area contributed by atoms with Crippen LogP contribution in [-0.4, -0.2) is 5.78 Å². The summed E-state index contributed by atoms with van der Waals surface area (Å²) in [5.74, 6) is 2.90. The molecule has 0 aliphatic heterocycles. The number of carbonyl (C=O) groups excluding carboxylic acids is 1. The van der Waals surface area contributed by atoms with Crippen LogP contribution in [0.3, 0.4) is 0 Å². The van der Waals surface area contributed by atoms with Gasteiger partial charge in [0.25, 0.3) is 0 Å². The summed E-state index contributed by atoms with van der Waals surface area (Å²) in [7, 11) is 0. The molecule has 1 nitrogen and oxygen atoms in total. The predicted octanol–water partition coefficient (Wildman–Crippen LogP) is 7.34. The van der Waals surface area contributed by atoms with Crippen LogP contribution in [0.1, 0.15) is 81.8 Å². The van der Waals surface area contributed by atoms with E-state index in [2.05, 4.69) is 55.5 Å². The predicted molar refractivity (Wildman–Crippen MR) is 118 cm³/mol. The molecule has 0 radical (unpaired) electrons. The Bertz CT molecular complexity index is 753. The number of ketones is 1. The molecule has 2 fully saturated rings. The molecule has 0 N–H and O–H groups in total. The minimum Gasteiger partial charge on any atom is -0.300 e. The fourth-order valence-electron chi connectivity index (χ4n) is 5.46. The van der Waals surface area contributed by atoms with Crippen molar-refractivity contribution < 1.29 is 4.79 Å². The molecular formula is C27H34O. The monoisotopic (exact) mass is 374 g/mol. The van der Waals surface area contributed by atoms with E-state index < -0.39 is 0 Å². The molecule has 2 saturated carbocycles. The average Bonchev–Trinajstić information content (AvgIpc) is 2.75. The summed E-state index contributed by atoms with van der Waals surface area (Å²) >= 11 is 0.